The smallest absolute Gasteiger partial charge is 0.412 e. The van der Waals surface area contributed by atoms with Gasteiger partial charge in [0.05, 0.1) is 9.60 Å². The third kappa shape index (κ3) is 4.63. The first kappa shape index (κ1) is 19.5. The van der Waals surface area contributed by atoms with E-state index in [1.54, 1.807) is 12.1 Å². The van der Waals surface area contributed by atoms with Gasteiger partial charge in [0, 0.05) is 17.5 Å². The first-order valence-electron chi connectivity index (χ1n) is 9.32. The van der Waals surface area contributed by atoms with E-state index in [-0.39, 0.29) is 4.94 Å². The van der Waals surface area contributed by atoms with Crippen LogP contribution in [0.4, 0.5) is 4.79 Å². The molecule has 0 aliphatic rings. The number of rotatable bonds is 6. The maximum absolute atomic E-state index is 12.0. The molecule has 29 heavy (non-hydrogen) atoms. The van der Waals surface area contributed by atoms with Crippen LogP contribution in [0.3, 0.4) is 0 Å². The molecule has 1 N–H and O–H groups in total. The zero-order chi connectivity index (χ0) is 20.2. The summed E-state index contributed by atoms with van der Waals surface area (Å²) in [6.45, 7) is 2.62. The highest BCUT2D eigenvalue weighted by atomic mass is 32.2. The summed E-state index contributed by atoms with van der Waals surface area (Å²) in [4.78, 5) is 25.2. The normalized spacial score (nSPS) is 11.1. The monoisotopic (exact) mass is 425 g/mol. The van der Waals surface area contributed by atoms with Gasteiger partial charge in [-0.3, -0.25) is 0 Å². The minimum atomic E-state index is -0.504. The number of carbonyl (C=O) groups excluding carboxylic acids is 1. The van der Waals surface area contributed by atoms with Crippen molar-refractivity contribution in [2.24, 2.45) is 0 Å². The van der Waals surface area contributed by atoms with Crippen molar-refractivity contribution >= 4 is 50.2 Å². The second-order valence-electron chi connectivity index (χ2n) is 6.48. The lowest BCUT2D eigenvalue weighted by Gasteiger charge is -2.09. The minimum Gasteiger partial charge on any atom is -0.413 e. The number of benzene rings is 3. The van der Waals surface area contributed by atoms with E-state index < -0.39 is 6.09 Å². The summed E-state index contributed by atoms with van der Waals surface area (Å²) in [6, 6.07) is 17.7. The Labute approximate surface area is 175 Å². The van der Waals surface area contributed by atoms with Gasteiger partial charge in [0.15, 0.2) is 5.58 Å². The molecule has 1 heterocycles. The lowest BCUT2D eigenvalue weighted by Crippen LogP contribution is -2.27. The lowest BCUT2D eigenvalue weighted by atomic mass is 10.1. The van der Waals surface area contributed by atoms with Crippen LogP contribution in [0, 0.1) is 0 Å². The van der Waals surface area contributed by atoms with E-state index in [2.05, 4.69) is 36.5 Å². The Hall–Kier alpha value is -2.77. The molecule has 0 fully saturated rings. The lowest BCUT2D eigenvalue weighted by molar-refractivity contribution is 0.200. The molecule has 1 aromatic heterocycles. The molecule has 1 amide bonds. The van der Waals surface area contributed by atoms with Gasteiger partial charge in [-0.15, -0.1) is 0 Å². The summed E-state index contributed by atoms with van der Waals surface area (Å²) in [5, 5.41) is 5.01. The van der Waals surface area contributed by atoms with Crippen LogP contribution in [-0.4, -0.2) is 12.6 Å². The van der Waals surface area contributed by atoms with Gasteiger partial charge in [-0.05, 0) is 35.4 Å². The van der Waals surface area contributed by atoms with Crippen LogP contribution < -0.4 is 15.0 Å². The van der Waals surface area contributed by atoms with Gasteiger partial charge >= 0.3 is 11.0 Å². The maximum Gasteiger partial charge on any atom is 0.412 e. The Morgan fingerprint density at radius 2 is 1.97 bits per heavy atom. The largest absolute Gasteiger partial charge is 0.413 e. The van der Waals surface area contributed by atoms with Crippen molar-refractivity contribution in [1.29, 1.82) is 0 Å². The van der Waals surface area contributed by atoms with Crippen molar-refractivity contribution < 1.29 is 13.9 Å². The van der Waals surface area contributed by atoms with Crippen molar-refractivity contribution in [2.45, 2.75) is 29.6 Å². The van der Waals surface area contributed by atoms with E-state index in [1.807, 2.05) is 18.2 Å². The van der Waals surface area contributed by atoms with Gasteiger partial charge in [0.1, 0.15) is 5.75 Å². The predicted octanol–water partition coefficient (Wildman–Crippen LogP) is 6.05. The van der Waals surface area contributed by atoms with Gasteiger partial charge < -0.3 is 14.5 Å². The number of carbonyl (C=O) groups is 1. The number of hydrogen-bond acceptors (Lipinski definition) is 6. The van der Waals surface area contributed by atoms with E-state index in [0.717, 1.165) is 44.7 Å². The first-order chi connectivity index (χ1) is 14.1. The molecule has 7 heteroatoms. The number of fused-ring (bicyclic) bond motifs is 2. The molecule has 4 aromatic rings. The van der Waals surface area contributed by atoms with Crippen LogP contribution in [-0.2, 0) is 0 Å². The number of ether oxygens (including phenoxy) is 1. The Morgan fingerprint density at radius 1 is 1.14 bits per heavy atom. The molecule has 0 aliphatic heterocycles. The van der Waals surface area contributed by atoms with Crippen LogP contribution in [0.15, 0.2) is 73.6 Å². The van der Waals surface area contributed by atoms with E-state index in [1.165, 1.54) is 11.8 Å². The average Bonchev–Trinajstić information content (AvgIpc) is 3.08. The molecule has 148 valence electrons. The third-order valence-corrected chi connectivity index (χ3v) is 6.12. The third-order valence-electron chi connectivity index (χ3n) is 4.33. The van der Waals surface area contributed by atoms with Crippen molar-refractivity contribution in [3.8, 4) is 5.75 Å². The van der Waals surface area contributed by atoms with Crippen molar-refractivity contribution in [2.75, 3.05) is 6.54 Å². The molecule has 0 saturated heterocycles. The second kappa shape index (κ2) is 8.71. The summed E-state index contributed by atoms with van der Waals surface area (Å²) in [6.07, 6.45) is 1.37. The fourth-order valence-corrected chi connectivity index (χ4v) is 4.71. The van der Waals surface area contributed by atoms with Crippen LogP contribution in [0.5, 0.6) is 5.75 Å². The van der Waals surface area contributed by atoms with E-state index in [4.69, 9.17) is 9.15 Å². The van der Waals surface area contributed by atoms with Crippen LogP contribution in [0.2, 0.25) is 0 Å². The van der Waals surface area contributed by atoms with Gasteiger partial charge in [0.25, 0.3) is 0 Å². The standard InChI is InChI=1S/C22H19NO4S2/c1-2-3-10-23-21(24)26-16-12-18(20-19(13-16)29-22(25)27-20)28-17-9-8-14-6-4-5-7-15(14)11-17/h4-9,11-13H,2-3,10H2,1H3,(H,23,24). The number of unbranched alkanes of at least 4 members (excludes halogenated alkanes) is 1. The molecular weight excluding hydrogens is 406 g/mol. The summed E-state index contributed by atoms with van der Waals surface area (Å²) < 4.78 is 11.5. The fourth-order valence-electron chi connectivity index (χ4n) is 2.93. The fraction of sp³-hybridized carbons (Fsp3) is 0.182. The summed E-state index contributed by atoms with van der Waals surface area (Å²) in [7, 11) is 0. The zero-order valence-corrected chi connectivity index (χ0v) is 17.4. The molecule has 0 radical (unpaired) electrons. The zero-order valence-electron chi connectivity index (χ0n) is 15.8. The second-order valence-corrected chi connectivity index (χ2v) is 8.58. The Morgan fingerprint density at radius 3 is 2.79 bits per heavy atom. The summed E-state index contributed by atoms with van der Waals surface area (Å²) in [5.41, 5.74) is 0.511. The Kier molecular flexibility index (Phi) is 5.87. The summed E-state index contributed by atoms with van der Waals surface area (Å²) >= 11 is 2.47. The van der Waals surface area contributed by atoms with Crippen molar-refractivity contribution in [1.82, 2.24) is 5.32 Å². The quantitative estimate of drug-likeness (QED) is 0.381. The van der Waals surface area contributed by atoms with Gasteiger partial charge in [-0.25, -0.2) is 9.59 Å². The molecule has 0 aliphatic carbocycles. The highest BCUT2D eigenvalue weighted by molar-refractivity contribution is 7.99. The molecule has 0 bridgehead atoms. The van der Waals surface area contributed by atoms with E-state index >= 15 is 0 Å². The van der Waals surface area contributed by atoms with Crippen molar-refractivity contribution in [3.63, 3.8) is 0 Å². The SMILES string of the molecule is CCCCNC(=O)Oc1cc(Sc2ccc3ccccc3c2)c2oc(=O)sc2c1. The number of hydrogen-bond donors (Lipinski definition) is 1. The Bertz CT molecular complexity index is 1230. The Balaban J connectivity index is 1.64. The van der Waals surface area contributed by atoms with Crippen LogP contribution in [0.1, 0.15) is 19.8 Å². The molecule has 0 unspecified atom stereocenters. The van der Waals surface area contributed by atoms with Gasteiger partial charge in [-0.2, -0.15) is 0 Å². The molecule has 0 atom stereocenters. The molecule has 0 saturated carbocycles. The highest BCUT2D eigenvalue weighted by Crippen LogP contribution is 2.38. The van der Waals surface area contributed by atoms with E-state index in [0.29, 0.717) is 22.6 Å². The number of amides is 1. The molecule has 0 spiro atoms. The summed E-state index contributed by atoms with van der Waals surface area (Å²) in [5.74, 6) is 0.381. The predicted molar refractivity (Wildman–Crippen MR) is 117 cm³/mol. The van der Waals surface area contributed by atoms with Gasteiger partial charge in [0.2, 0.25) is 0 Å². The van der Waals surface area contributed by atoms with E-state index in [9.17, 15) is 9.59 Å². The minimum absolute atomic E-state index is 0.381. The average molecular weight is 426 g/mol. The van der Waals surface area contributed by atoms with Crippen LogP contribution in [0.25, 0.3) is 21.1 Å². The number of nitrogens with one attached hydrogen (secondary N) is 1. The highest BCUT2D eigenvalue weighted by Gasteiger charge is 2.14. The molecular formula is C22H19NO4S2. The van der Waals surface area contributed by atoms with Crippen LogP contribution >= 0.6 is 23.1 Å². The molecule has 3 aromatic carbocycles. The first-order valence-corrected chi connectivity index (χ1v) is 11.0. The topological polar surface area (TPSA) is 68.5 Å². The van der Waals surface area contributed by atoms with Gasteiger partial charge in [-0.1, -0.05) is 66.8 Å². The molecule has 5 nitrogen and oxygen atoms in total. The maximum atomic E-state index is 12.0. The van der Waals surface area contributed by atoms with Crippen molar-refractivity contribution in [3.05, 3.63) is 64.3 Å². The molecule has 4 rings (SSSR count).